The maximum absolute atomic E-state index is 13.5. The summed E-state index contributed by atoms with van der Waals surface area (Å²) in [5, 5.41) is 173. The number of carbonyl (C=O) groups excluding carboxylic acids is 6. The summed E-state index contributed by atoms with van der Waals surface area (Å²) in [5.41, 5.74) is 0. The van der Waals surface area contributed by atoms with Gasteiger partial charge in [0, 0.05) is 58.4 Å². The van der Waals surface area contributed by atoms with Crippen molar-refractivity contribution >= 4 is 35.4 Å². The summed E-state index contributed by atoms with van der Waals surface area (Å²) in [4.78, 5) is 86.7. The highest BCUT2D eigenvalue weighted by atomic mass is 16.7. The Morgan fingerprint density at radius 1 is 0.385 bits per heavy atom. The molecular formula is C62H111N7O27. The summed E-state index contributed by atoms with van der Waals surface area (Å²) in [7, 11) is 0. The van der Waals surface area contributed by atoms with Gasteiger partial charge in [0.1, 0.15) is 104 Å². The van der Waals surface area contributed by atoms with Crippen LogP contribution in [0.1, 0.15) is 122 Å². The molecule has 5 rings (SSSR count). The maximum Gasteiger partial charge on any atom is 0.333 e. The van der Waals surface area contributed by atoms with E-state index in [1.54, 1.807) is 4.90 Å². The normalized spacial score (nSPS) is 32.0. The molecule has 0 aromatic rings. The van der Waals surface area contributed by atoms with E-state index in [1.165, 1.54) is 0 Å². The second kappa shape index (κ2) is 43.8. The first-order valence-electron chi connectivity index (χ1n) is 34.2. The maximum atomic E-state index is 13.5. The molecule has 20 atom stereocenters. The highest BCUT2D eigenvalue weighted by Gasteiger charge is 2.48. The van der Waals surface area contributed by atoms with Crippen LogP contribution >= 0.6 is 0 Å². The van der Waals surface area contributed by atoms with E-state index in [1.807, 2.05) is 4.90 Å². The number of ether oxygens (including phenoxy) is 4. The number of hydrogen-bond acceptors (Lipinski definition) is 31. The minimum absolute atomic E-state index is 0.0208. The molecule has 5 aliphatic rings. The second-order valence-electron chi connectivity index (χ2n) is 25.8. The zero-order chi connectivity index (χ0) is 70.4. The smallest absolute Gasteiger partial charge is 0.333 e. The number of unbranched alkanes of at least 4 members (excludes halogenated alkanes) is 6. The molecular weight excluding hydrogens is 1270 g/mol. The molecule has 5 aliphatic heterocycles. The summed E-state index contributed by atoms with van der Waals surface area (Å²) in [5.74, 6) is -3.09. The Morgan fingerprint density at radius 3 is 1.18 bits per heavy atom. The van der Waals surface area contributed by atoms with Crippen molar-refractivity contribution in [1.82, 2.24) is 35.7 Å². The third-order valence-electron chi connectivity index (χ3n) is 18.5. The fraction of sp³-hybridized carbons (Fsp3) is 0.903. The predicted molar refractivity (Wildman–Crippen MR) is 334 cm³/mol. The number of aliphatic hydroxyl groups excluding tert-OH is 16. The van der Waals surface area contributed by atoms with Crippen LogP contribution in [0.2, 0.25) is 0 Å². The van der Waals surface area contributed by atoms with Crippen LogP contribution < -0.4 is 16.0 Å². The van der Waals surface area contributed by atoms with Crippen LogP contribution in [0.3, 0.4) is 0 Å². The van der Waals surface area contributed by atoms with Crippen LogP contribution in [-0.2, 0) is 52.6 Å². The Bertz CT molecular complexity index is 2230. The highest BCUT2D eigenvalue weighted by Crippen LogP contribution is 2.29. The molecule has 5 saturated heterocycles. The van der Waals surface area contributed by atoms with Crippen molar-refractivity contribution in [2.45, 2.75) is 244 Å². The molecule has 4 amide bonds. The minimum Gasteiger partial charge on any atom is -0.394 e. The van der Waals surface area contributed by atoms with Gasteiger partial charge in [-0.25, -0.2) is 4.79 Å². The summed E-state index contributed by atoms with van der Waals surface area (Å²) in [6, 6.07) is 0. The van der Waals surface area contributed by atoms with Gasteiger partial charge in [0.25, 0.3) is 11.8 Å². The molecule has 34 nitrogen and oxygen atoms in total. The van der Waals surface area contributed by atoms with E-state index in [0.717, 1.165) is 6.42 Å². The number of rotatable bonds is 46. The van der Waals surface area contributed by atoms with Gasteiger partial charge in [-0.2, -0.15) is 0 Å². The van der Waals surface area contributed by atoms with Gasteiger partial charge in [0.05, 0.1) is 57.8 Å². The van der Waals surface area contributed by atoms with Crippen molar-refractivity contribution in [3.05, 3.63) is 0 Å². The first kappa shape index (κ1) is 82.9. The molecule has 0 aromatic carbocycles. The number of ketones is 1. The van der Waals surface area contributed by atoms with E-state index in [9.17, 15) is 110 Å². The number of imide groups is 1. The van der Waals surface area contributed by atoms with E-state index in [0.29, 0.717) is 147 Å². The average Bonchev–Trinajstić information content (AvgIpc) is 1.07. The van der Waals surface area contributed by atoms with Crippen molar-refractivity contribution in [3.8, 4) is 0 Å². The first-order chi connectivity index (χ1) is 45.9. The quantitative estimate of drug-likeness (QED) is 0.0199. The van der Waals surface area contributed by atoms with Crippen LogP contribution in [0.15, 0.2) is 0 Å². The Morgan fingerprint density at radius 2 is 0.750 bits per heavy atom. The Balaban J connectivity index is 1.09. The van der Waals surface area contributed by atoms with Gasteiger partial charge >= 0.3 is 5.97 Å². The zero-order valence-corrected chi connectivity index (χ0v) is 54.9. The molecule has 0 radical (unpaired) electrons. The molecule has 19 N–H and O–H groups in total. The highest BCUT2D eigenvalue weighted by molar-refractivity contribution is 6.01. The van der Waals surface area contributed by atoms with E-state index in [2.05, 4.69) is 20.9 Å². The lowest BCUT2D eigenvalue weighted by molar-refractivity contribution is -0.230. The molecule has 0 saturated carbocycles. The lowest BCUT2D eigenvalue weighted by atomic mass is 9.92. The van der Waals surface area contributed by atoms with E-state index in [4.69, 9.17) is 23.8 Å². The molecule has 5 heterocycles. The van der Waals surface area contributed by atoms with Crippen LogP contribution in [0, 0.1) is 0 Å². The summed E-state index contributed by atoms with van der Waals surface area (Å²) < 4.78 is 22.6. The van der Waals surface area contributed by atoms with Crippen LogP contribution in [0.4, 0.5) is 0 Å². The minimum atomic E-state index is -1.73. The van der Waals surface area contributed by atoms with Crippen molar-refractivity contribution in [2.24, 2.45) is 0 Å². The van der Waals surface area contributed by atoms with E-state index >= 15 is 0 Å². The van der Waals surface area contributed by atoms with Gasteiger partial charge in [0.2, 0.25) is 11.8 Å². The summed E-state index contributed by atoms with van der Waals surface area (Å²) in [6.07, 6.45) is -19.3. The first-order valence-corrected chi connectivity index (χ1v) is 34.2. The number of amides is 4. The fourth-order valence-corrected chi connectivity index (χ4v) is 12.6. The van der Waals surface area contributed by atoms with E-state index in [-0.39, 0.29) is 70.1 Å². The van der Waals surface area contributed by atoms with Crippen LogP contribution in [0.5, 0.6) is 0 Å². The molecule has 5 fully saturated rings. The Hall–Kier alpha value is -3.74. The summed E-state index contributed by atoms with van der Waals surface area (Å²) >= 11 is 0. The van der Waals surface area contributed by atoms with Gasteiger partial charge in [-0.1, -0.05) is 19.3 Å². The third-order valence-corrected chi connectivity index (χ3v) is 18.5. The second-order valence-corrected chi connectivity index (χ2v) is 25.8. The monoisotopic (exact) mass is 1390 g/mol. The molecule has 0 bridgehead atoms. The van der Waals surface area contributed by atoms with Gasteiger partial charge < -0.3 is 131 Å². The number of Topliss-reactive ketones (excluding diaryl/α,β-unsaturated/α-hetero) is 1. The Kier molecular flexibility index (Phi) is 37.8. The van der Waals surface area contributed by atoms with Crippen molar-refractivity contribution < 1.29 is 134 Å². The zero-order valence-electron chi connectivity index (χ0n) is 54.9. The molecule has 0 unspecified atom stereocenters. The van der Waals surface area contributed by atoms with Gasteiger partial charge in [-0.05, 0) is 116 Å². The lowest BCUT2D eigenvalue weighted by Crippen LogP contribution is -2.60. The van der Waals surface area contributed by atoms with Crippen LogP contribution in [0.25, 0.3) is 0 Å². The van der Waals surface area contributed by atoms with Gasteiger partial charge in [-0.15, -0.1) is 5.06 Å². The van der Waals surface area contributed by atoms with Crippen molar-refractivity contribution in [3.63, 3.8) is 0 Å². The van der Waals surface area contributed by atoms with E-state index < -0.39 is 172 Å². The van der Waals surface area contributed by atoms with Crippen molar-refractivity contribution in [1.29, 1.82) is 0 Å². The molecule has 0 aromatic heterocycles. The lowest BCUT2D eigenvalue weighted by Gasteiger charge is -2.40. The predicted octanol–water partition coefficient (Wildman–Crippen LogP) is -8.11. The molecule has 0 aliphatic carbocycles. The molecule has 0 spiro atoms. The van der Waals surface area contributed by atoms with Gasteiger partial charge in [0.15, 0.2) is 5.78 Å². The van der Waals surface area contributed by atoms with Crippen molar-refractivity contribution in [2.75, 3.05) is 112 Å². The molecule has 34 heteroatoms. The summed E-state index contributed by atoms with van der Waals surface area (Å²) in [6.45, 7) is 1.93. The number of hydrogen-bond donors (Lipinski definition) is 19. The number of nitrogens with zero attached hydrogens (tertiary/aromatic N) is 4. The number of nitrogens with one attached hydrogen (secondary N) is 3. The van der Waals surface area contributed by atoms with Gasteiger partial charge in [-0.3, -0.25) is 28.9 Å². The largest absolute Gasteiger partial charge is 0.394 e. The number of aliphatic hydroxyl groups is 16. The number of carbonyl (C=O) groups is 6. The third kappa shape index (κ3) is 26.3. The average molecular weight is 1390 g/mol. The fourth-order valence-electron chi connectivity index (χ4n) is 12.6. The van der Waals surface area contributed by atoms with Crippen LogP contribution in [-0.4, -0.2) is 370 Å². The topological polar surface area (TPSA) is 521 Å². The molecule has 556 valence electrons. The number of hydroxylamine groups is 2. The standard InChI is InChI=1S/C62H111N7O27/c70-33-41-53(83)57(87)50(80)38(92-41)13-10-26-66(27-11-14-39-51(81)58(88)54(84)42(34-71)93-39)24-9-3-7-22-65-46(76)32-68(31-45(75)64-21-6-1-4-16-49(79)96-69-47(77)17-18-48(69)78)30-23-63-20-5-2-8-25-67(28-12-15-40-52(82)59(89)55(85)43(35-72)94-40)29-19-37(74)62-61(91)60(90)56(86)44(36-73)95-62/h38-44,50-63,70-73,80-91H,1-36H2,(H,64,75)(H,65,76)/t38-,39-,40-,41-,42-,43-,44-,50-,51-,52-,53-,54-,55-,56-,57-,58-,59-,60+,61+,62-/m1/s1. The molecule has 96 heavy (non-hydrogen) atoms. The SMILES string of the molecule is O=C(CN(CCNCCCCCN(CCC[C@H]1O[C@H](CO)[C@@H](O)[C@H](O)[C@@H]1O)CCC(=O)[C@H]1O[C@H](CO)[C@@H](O)[C@H](O)[C@@H]1O)CC(=O)NCCCCCN(CCC[C@H]1O[C@H](CO)[C@@H](O)[C@H](O)[C@@H]1O)CCC[C@H]1O[C@H](CO)[C@@H](O)[C@H](O)[C@@H]1O)NCCCCCC(=O)ON1C(=O)CCC1=O. The Labute approximate surface area is 559 Å².